The summed E-state index contributed by atoms with van der Waals surface area (Å²) in [7, 11) is 0. The molecule has 0 N–H and O–H groups in total. The van der Waals surface area contributed by atoms with E-state index in [0.29, 0.717) is 16.1 Å². The molecule has 2 aromatic rings. The highest BCUT2D eigenvalue weighted by atomic mass is 35.5. The first kappa shape index (κ1) is 19.1. The number of ketones is 1. The highest BCUT2D eigenvalue weighted by Crippen LogP contribution is 2.23. The summed E-state index contributed by atoms with van der Waals surface area (Å²) in [5.74, 6) is -2.39. The number of amides is 2. The Kier molecular flexibility index (Phi) is 5.58. The van der Waals surface area contributed by atoms with Crippen molar-refractivity contribution in [3.63, 3.8) is 0 Å². The molecule has 0 aromatic heterocycles. The average molecular weight is 406 g/mol. The Balaban J connectivity index is 1.61. The first-order chi connectivity index (χ1) is 12.9. The highest BCUT2D eigenvalue weighted by molar-refractivity contribution is 6.42. The second-order valence-corrected chi connectivity index (χ2v) is 6.65. The van der Waals surface area contributed by atoms with Crippen LogP contribution in [0.15, 0.2) is 42.5 Å². The van der Waals surface area contributed by atoms with Gasteiger partial charge in [-0.2, -0.15) is 0 Å². The van der Waals surface area contributed by atoms with Gasteiger partial charge in [0.25, 0.3) is 5.91 Å². The molecule has 1 aliphatic rings. The number of nitrogens with zero attached hydrogens (tertiary/aromatic N) is 1. The van der Waals surface area contributed by atoms with E-state index in [9.17, 15) is 19.2 Å². The maximum Gasteiger partial charge on any atom is 0.326 e. The van der Waals surface area contributed by atoms with Crippen molar-refractivity contribution in [2.45, 2.75) is 6.42 Å². The molecule has 0 fully saturated rings. The number of rotatable bonds is 5. The Morgan fingerprint density at radius 2 is 1.78 bits per heavy atom. The van der Waals surface area contributed by atoms with Crippen molar-refractivity contribution in [3.8, 4) is 0 Å². The molecule has 0 radical (unpaired) electrons. The fraction of sp³-hybridized carbons (Fsp3) is 0.158. The molecule has 0 aliphatic carbocycles. The van der Waals surface area contributed by atoms with Crippen molar-refractivity contribution in [1.82, 2.24) is 4.90 Å². The summed E-state index contributed by atoms with van der Waals surface area (Å²) in [5, 5.41) is 0.504. The third kappa shape index (κ3) is 4.18. The Morgan fingerprint density at radius 1 is 1.04 bits per heavy atom. The van der Waals surface area contributed by atoms with Crippen molar-refractivity contribution in [1.29, 1.82) is 0 Å². The van der Waals surface area contributed by atoms with Crippen LogP contribution < -0.4 is 0 Å². The lowest BCUT2D eigenvalue weighted by Gasteiger charge is -2.25. The zero-order valence-corrected chi connectivity index (χ0v) is 15.4. The first-order valence-electron chi connectivity index (χ1n) is 7.93. The number of esters is 1. The van der Waals surface area contributed by atoms with E-state index >= 15 is 0 Å². The SMILES string of the molecule is O=C(CN1C(=O)Cc2ccccc2C1=O)OCC(=O)c1ccc(Cl)c(Cl)c1. The van der Waals surface area contributed by atoms with Crippen LogP contribution in [-0.2, 0) is 20.7 Å². The van der Waals surface area contributed by atoms with Gasteiger partial charge in [-0.3, -0.25) is 24.1 Å². The summed E-state index contributed by atoms with van der Waals surface area (Å²) < 4.78 is 4.91. The van der Waals surface area contributed by atoms with Crippen molar-refractivity contribution in [2.24, 2.45) is 0 Å². The van der Waals surface area contributed by atoms with E-state index < -0.39 is 36.7 Å². The van der Waals surface area contributed by atoms with Gasteiger partial charge in [-0.15, -0.1) is 0 Å². The van der Waals surface area contributed by atoms with E-state index in [1.54, 1.807) is 24.3 Å². The fourth-order valence-corrected chi connectivity index (χ4v) is 2.93. The number of hydrogen-bond donors (Lipinski definition) is 0. The zero-order chi connectivity index (χ0) is 19.6. The van der Waals surface area contributed by atoms with Crippen LogP contribution in [0.4, 0.5) is 0 Å². The second-order valence-electron chi connectivity index (χ2n) is 5.83. The zero-order valence-electron chi connectivity index (χ0n) is 13.9. The molecule has 0 saturated heterocycles. The molecule has 0 bridgehead atoms. The largest absolute Gasteiger partial charge is 0.456 e. The molecule has 8 heteroatoms. The minimum absolute atomic E-state index is 0.0252. The van der Waals surface area contributed by atoms with E-state index in [4.69, 9.17) is 27.9 Å². The number of carbonyl (C=O) groups excluding carboxylic acids is 4. The van der Waals surface area contributed by atoms with Gasteiger partial charge >= 0.3 is 5.97 Å². The fourth-order valence-electron chi connectivity index (χ4n) is 2.63. The van der Waals surface area contributed by atoms with Crippen molar-refractivity contribution >= 4 is 46.8 Å². The molecule has 0 saturated carbocycles. The van der Waals surface area contributed by atoms with Gasteiger partial charge < -0.3 is 4.74 Å². The molecule has 3 rings (SSSR count). The van der Waals surface area contributed by atoms with E-state index in [2.05, 4.69) is 0 Å². The standard InChI is InChI=1S/C19H13Cl2NO5/c20-14-6-5-12(7-15(14)21)16(23)10-27-18(25)9-22-17(24)8-11-3-1-2-4-13(11)19(22)26/h1-7H,8-10H2. The summed E-state index contributed by atoms with van der Waals surface area (Å²) in [6.07, 6.45) is 0.0252. The van der Waals surface area contributed by atoms with Crippen LogP contribution in [-0.4, -0.2) is 41.6 Å². The lowest BCUT2D eigenvalue weighted by atomic mass is 9.98. The van der Waals surface area contributed by atoms with Gasteiger partial charge in [-0.05, 0) is 29.8 Å². The van der Waals surface area contributed by atoms with Gasteiger partial charge in [-0.1, -0.05) is 41.4 Å². The van der Waals surface area contributed by atoms with Gasteiger partial charge in [0.05, 0.1) is 16.5 Å². The maximum atomic E-state index is 12.4. The number of fused-ring (bicyclic) bond motifs is 1. The summed E-state index contributed by atoms with van der Waals surface area (Å²) >= 11 is 11.6. The van der Waals surface area contributed by atoms with E-state index in [0.717, 1.165) is 4.90 Å². The highest BCUT2D eigenvalue weighted by Gasteiger charge is 2.32. The van der Waals surface area contributed by atoms with Gasteiger partial charge in [-0.25, -0.2) is 0 Å². The molecule has 1 aliphatic heterocycles. The van der Waals surface area contributed by atoms with E-state index in [1.807, 2.05) is 0 Å². The van der Waals surface area contributed by atoms with Crippen LogP contribution in [0.2, 0.25) is 10.0 Å². The number of hydrogen-bond acceptors (Lipinski definition) is 5. The topological polar surface area (TPSA) is 80.8 Å². The minimum Gasteiger partial charge on any atom is -0.456 e. The Morgan fingerprint density at radius 3 is 2.52 bits per heavy atom. The number of imide groups is 1. The van der Waals surface area contributed by atoms with Gasteiger partial charge in [0.1, 0.15) is 6.54 Å². The lowest BCUT2D eigenvalue weighted by Crippen LogP contribution is -2.45. The Labute approximate surface area is 164 Å². The van der Waals surface area contributed by atoms with E-state index in [1.165, 1.54) is 18.2 Å². The van der Waals surface area contributed by atoms with Gasteiger partial charge in [0, 0.05) is 11.1 Å². The molecule has 2 amide bonds. The molecule has 6 nitrogen and oxygen atoms in total. The molecule has 0 spiro atoms. The minimum atomic E-state index is -0.857. The molecular formula is C19H13Cl2NO5. The maximum absolute atomic E-state index is 12.4. The average Bonchev–Trinajstić information content (AvgIpc) is 2.65. The third-order valence-electron chi connectivity index (χ3n) is 4.03. The van der Waals surface area contributed by atoms with Gasteiger partial charge in [0.15, 0.2) is 12.4 Å². The molecule has 0 atom stereocenters. The summed E-state index contributed by atoms with van der Waals surface area (Å²) in [6, 6.07) is 11.0. The summed E-state index contributed by atoms with van der Waals surface area (Å²) in [4.78, 5) is 49.4. The predicted octanol–water partition coefficient (Wildman–Crippen LogP) is 2.94. The first-order valence-corrected chi connectivity index (χ1v) is 8.69. The number of Topliss-reactive ketones (excluding diaryl/α,β-unsaturated/α-hetero) is 1. The summed E-state index contributed by atoms with van der Waals surface area (Å²) in [6.45, 7) is -1.09. The predicted molar refractivity (Wildman–Crippen MR) is 97.9 cm³/mol. The number of ether oxygens (including phenoxy) is 1. The van der Waals surface area contributed by atoms with Crippen LogP contribution >= 0.6 is 23.2 Å². The quantitative estimate of drug-likeness (QED) is 0.433. The van der Waals surface area contributed by atoms with Crippen LogP contribution in [0.1, 0.15) is 26.3 Å². The smallest absolute Gasteiger partial charge is 0.326 e. The number of carbonyl (C=O) groups is 4. The monoisotopic (exact) mass is 405 g/mol. The van der Waals surface area contributed by atoms with Crippen molar-refractivity contribution in [3.05, 3.63) is 69.2 Å². The Hall–Kier alpha value is -2.70. The third-order valence-corrected chi connectivity index (χ3v) is 4.77. The van der Waals surface area contributed by atoms with Crippen LogP contribution in [0.5, 0.6) is 0 Å². The molecular weight excluding hydrogens is 393 g/mol. The molecule has 27 heavy (non-hydrogen) atoms. The molecule has 1 heterocycles. The number of halogens is 2. The lowest BCUT2D eigenvalue weighted by molar-refractivity contribution is -0.146. The van der Waals surface area contributed by atoms with Crippen molar-refractivity contribution in [2.75, 3.05) is 13.2 Å². The molecule has 2 aromatic carbocycles. The van der Waals surface area contributed by atoms with Crippen LogP contribution in [0.3, 0.4) is 0 Å². The normalized spacial score (nSPS) is 13.3. The van der Waals surface area contributed by atoms with Crippen LogP contribution in [0.25, 0.3) is 0 Å². The molecule has 138 valence electrons. The number of benzene rings is 2. The summed E-state index contributed by atoms with van der Waals surface area (Å²) in [5.41, 5.74) is 1.22. The van der Waals surface area contributed by atoms with Crippen molar-refractivity contribution < 1.29 is 23.9 Å². The second kappa shape index (κ2) is 7.90. The van der Waals surface area contributed by atoms with E-state index in [-0.39, 0.29) is 17.0 Å². The van der Waals surface area contributed by atoms with Crippen LogP contribution in [0, 0.1) is 0 Å². The van der Waals surface area contributed by atoms with Gasteiger partial charge in [0.2, 0.25) is 5.91 Å². The Bertz CT molecular complexity index is 957. The molecule has 0 unspecified atom stereocenters.